The van der Waals surface area contributed by atoms with Crippen molar-refractivity contribution in [1.29, 1.82) is 0 Å². The van der Waals surface area contributed by atoms with Gasteiger partial charge in [0.05, 0.1) is 13.0 Å². The van der Waals surface area contributed by atoms with E-state index in [9.17, 15) is 9.59 Å². The number of hydrogen-bond acceptors (Lipinski definition) is 3. The average Bonchev–Trinajstić information content (AvgIpc) is 3.06. The van der Waals surface area contributed by atoms with Gasteiger partial charge >= 0.3 is 6.03 Å². The Morgan fingerprint density at radius 3 is 2.57 bits per heavy atom. The van der Waals surface area contributed by atoms with Crippen molar-refractivity contribution >= 4 is 29.0 Å². The maximum absolute atomic E-state index is 11.9. The summed E-state index contributed by atoms with van der Waals surface area (Å²) in [7, 11) is 0. The summed E-state index contributed by atoms with van der Waals surface area (Å²) in [5.74, 6) is -0.0252. The van der Waals surface area contributed by atoms with E-state index in [1.807, 2.05) is 29.6 Å². The summed E-state index contributed by atoms with van der Waals surface area (Å²) in [6, 6.07) is 10.9. The molecule has 6 heteroatoms. The van der Waals surface area contributed by atoms with Gasteiger partial charge in [-0.25, -0.2) is 4.79 Å². The lowest BCUT2D eigenvalue weighted by atomic mass is 10.1. The van der Waals surface area contributed by atoms with Gasteiger partial charge in [-0.15, -0.1) is 17.9 Å². The van der Waals surface area contributed by atoms with Gasteiger partial charge in [-0.2, -0.15) is 0 Å². The topological polar surface area (TPSA) is 70.2 Å². The van der Waals surface area contributed by atoms with Gasteiger partial charge in [0.2, 0.25) is 5.91 Å². The Hall–Kier alpha value is -2.60. The third-order valence-corrected chi connectivity index (χ3v) is 3.90. The molecule has 23 heavy (non-hydrogen) atoms. The van der Waals surface area contributed by atoms with Crippen LogP contribution in [0.1, 0.15) is 10.4 Å². The van der Waals surface area contributed by atoms with E-state index in [1.54, 1.807) is 29.5 Å². The van der Waals surface area contributed by atoms with E-state index in [0.717, 1.165) is 10.4 Å². The highest BCUT2D eigenvalue weighted by Gasteiger charge is 2.05. The maximum atomic E-state index is 11.9. The predicted molar refractivity (Wildman–Crippen MR) is 93.5 cm³/mol. The molecular formula is C17H19N3O2S. The number of carbonyl (C=O) groups is 2. The fourth-order valence-corrected chi connectivity index (χ4v) is 2.54. The van der Waals surface area contributed by atoms with Gasteiger partial charge in [0.1, 0.15) is 0 Å². The molecule has 0 aliphatic rings. The Bertz CT molecular complexity index is 651. The minimum absolute atomic E-state index is 0.0252. The van der Waals surface area contributed by atoms with Crippen molar-refractivity contribution in [1.82, 2.24) is 10.6 Å². The molecule has 5 nitrogen and oxygen atoms in total. The van der Waals surface area contributed by atoms with Crippen molar-refractivity contribution in [3.8, 4) is 0 Å². The van der Waals surface area contributed by atoms with E-state index in [4.69, 9.17) is 0 Å². The number of hydrogen-bond donors (Lipinski definition) is 3. The standard InChI is InChI=1S/C17H19N3O2S/c1-2-9-18-17(22)20-14-7-5-13(6-8-14)11-16(21)19-12-15-4-3-10-23-15/h2-8,10H,1,9,11-12H2,(H,19,21)(H2,18,20,22). The van der Waals surface area contributed by atoms with Crippen molar-refractivity contribution in [3.63, 3.8) is 0 Å². The highest BCUT2D eigenvalue weighted by atomic mass is 32.1. The Labute approximate surface area is 139 Å². The summed E-state index contributed by atoms with van der Waals surface area (Å²) in [6.07, 6.45) is 1.92. The first-order valence-corrected chi connectivity index (χ1v) is 8.09. The fourth-order valence-electron chi connectivity index (χ4n) is 1.89. The molecule has 0 spiro atoms. The zero-order valence-corrected chi connectivity index (χ0v) is 13.5. The molecule has 2 rings (SSSR count). The number of thiophene rings is 1. The van der Waals surface area contributed by atoms with Gasteiger partial charge in [-0.3, -0.25) is 4.79 Å². The first-order valence-electron chi connectivity index (χ1n) is 7.21. The van der Waals surface area contributed by atoms with Crippen molar-refractivity contribution in [3.05, 3.63) is 64.9 Å². The Morgan fingerprint density at radius 2 is 1.91 bits per heavy atom. The van der Waals surface area contributed by atoms with Gasteiger partial charge in [0.15, 0.2) is 0 Å². The van der Waals surface area contributed by atoms with Crippen LogP contribution in [0.4, 0.5) is 10.5 Å². The van der Waals surface area contributed by atoms with Crippen molar-refractivity contribution in [2.24, 2.45) is 0 Å². The zero-order chi connectivity index (χ0) is 16.5. The van der Waals surface area contributed by atoms with Gasteiger partial charge in [0, 0.05) is 17.1 Å². The van der Waals surface area contributed by atoms with E-state index in [2.05, 4.69) is 22.5 Å². The molecule has 0 aliphatic carbocycles. The summed E-state index contributed by atoms with van der Waals surface area (Å²) in [5.41, 5.74) is 1.57. The molecule has 0 unspecified atom stereocenters. The second-order valence-corrected chi connectivity index (χ2v) is 5.89. The number of nitrogens with one attached hydrogen (secondary N) is 3. The Morgan fingerprint density at radius 1 is 1.13 bits per heavy atom. The van der Waals surface area contributed by atoms with Crippen LogP contribution in [0, 0.1) is 0 Å². The molecule has 1 heterocycles. The second kappa shape index (κ2) is 8.75. The lowest BCUT2D eigenvalue weighted by Gasteiger charge is -2.07. The SMILES string of the molecule is C=CCNC(=O)Nc1ccc(CC(=O)NCc2cccs2)cc1. The third-order valence-electron chi connectivity index (χ3n) is 3.02. The molecule has 0 radical (unpaired) electrons. The van der Waals surface area contributed by atoms with Gasteiger partial charge < -0.3 is 16.0 Å². The van der Waals surface area contributed by atoms with Crippen LogP contribution in [-0.4, -0.2) is 18.5 Å². The molecule has 1 aromatic heterocycles. The smallest absolute Gasteiger partial charge is 0.319 e. The van der Waals surface area contributed by atoms with E-state index in [-0.39, 0.29) is 11.9 Å². The van der Waals surface area contributed by atoms with Gasteiger partial charge in [0.25, 0.3) is 0 Å². The van der Waals surface area contributed by atoms with Crippen molar-refractivity contribution < 1.29 is 9.59 Å². The van der Waals surface area contributed by atoms with Crippen LogP contribution in [0.5, 0.6) is 0 Å². The molecule has 0 aliphatic heterocycles. The summed E-state index contributed by atoms with van der Waals surface area (Å²) < 4.78 is 0. The molecule has 0 atom stereocenters. The van der Waals surface area contributed by atoms with Crippen LogP contribution in [0.3, 0.4) is 0 Å². The molecule has 0 fully saturated rings. The lowest BCUT2D eigenvalue weighted by molar-refractivity contribution is -0.120. The molecule has 1 aromatic carbocycles. The van der Waals surface area contributed by atoms with Crippen LogP contribution in [0.25, 0.3) is 0 Å². The summed E-state index contributed by atoms with van der Waals surface area (Å²) in [5, 5.41) is 10.2. The first-order chi connectivity index (χ1) is 11.2. The number of anilines is 1. The fraction of sp³-hybridized carbons (Fsp3) is 0.176. The second-order valence-electron chi connectivity index (χ2n) is 4.85. The van der Waals surface area contributed by atoms with E-state index >= 15 is 0 Å². The highest BCUT2D eigenvalue weighted by Crippen LogP contribution is 2.11. The minimum atomic E-state index is -0.286. The highest BCUT2D eigenvalue weighted by molar-refractivity contribution is 7.09. The van der Waals surface area contributed by atoms with Crippen LogP contribution in [0.2, 0.25) is 0 Å². The summed E-state index contributed by atoms with van der Waals surface area (Å²) >= 11 is 1.62. The number of benzene rings is 1. The van der Waals surface area contributed by atoms with Gasteiger partial charge in [-0.05, 0) is 29.1 Å². The molecule has 0 bridgehead atoms. The number of amides is 3. The molecule has 120 valence electrons. The quantitative estimate of drug-likeness (QED) is 0.684. The number of rotatable bonds is 7. The minimum Gasteiger partial charge on any atom is -0.351 e. The first kappa shape index (κ1) is 16.8. The Balaban J connectivity index is 1.78. The third kappa shape index (κ3) is 5.96. The van der Waals surface area contributed by atoms with Crippen molar-refractivity contribution in [2.45, 2.75) is 13.0 Å². The summed E-state index contributed by atoms with van der Waals surface area (Å²) in [4.78, 5) is 24.5. The molecule has 0 saturated heterocycles. The molecular weight excluding hydrogens is 310 g/mol. The largest absolute Gasteiger partial charge is 0.351 e. The van der Waals surface area contributed by atoms with Crippen LogP contribution < -0.4 is 16.0 Å². The molecule has 3 amide bonds. The number of carbonyl (C=O) groups excluding carboxylic acids is 2. The normalized spacial score (nSPS) is 9.91. The maximum Gasteiger partial charge on any atom is 0.319 e. The predicted octanol–water partition coefficient (Wildman–Crippen LogP) is 2.91. The van der Waals surface area contributed by atoms with Crippen molar-refractivity contribution in [2.75, 3.05) is 11.9 Å². The molecule has 0 saturated carbocycles. The zero-order valence-electron chi connectivity index (χ0n) is 12.7. The summed E-state index contributed by atoms with van der Waals surface area (Å²) in [6.45, 7) is 4.50. The monoisotopic (exact) mass is 329 g/mol. The average molecular weight is 329 g/mol. The molecule has 3 N–H and O–H groups in total. The molecule has 2 aromatic rings. The van der Waals surface area contributed by atoms with Crippen LogP contribution in [-0.2, 0) is 17.8 Å². The van der Waals surface area contributed by atoms with Crippen LogP contribution >= 0.6 is 11.3 Å². The van der Waals surface area contributed by atoms with E-state index in [0.29, 0.717) is 25.2 Å². The number of urea groups is 1. The van der Waals surface area contributed by atoms with E-state index in [1.165, 1.54) is 0 Å². The Kier molecular flexibility index (Phi) is 6.38. The lowest BCUT2D eigenvalue weighted by Crippen LogP contribution is -2.28. The van der Waals surface area contributed by atoms with Crippen LogP contribution in [0.15, 0.2) is 54.4 Å². The van der Waals surface area contributed by atoms with E-state index < -0.39 is 0 Å². The van der Waals surface area contributed by atoms with Gasteiger partial charge in [-0.1, -0.05) is 24.3 Å².